The highest BCUT2D eigenvalue weighted by atomic mass is 32.2. The van der Waals surface area contributed by atoms with Crippen LogP contribution in [0.4, 0.5) is 0 Å². The molecule has 0 aliphatic heterocycles. The summed E-state index contributed by atoms with van der Waals surface area (Å²) in [6.45, 7) is 4.73. The first-order valence-electron chi connectivity index (χ1n) is 6.20. The second-order valence-corrected chi connectivity index (χ2v) is 6.55. The molecule has 0 amide bonds. The second kappa shape index (κ2) is 6.75. The largest absolute Gasteiger partial charge is 0.508 e. The number of sulfonamides is 1. The molecule has 0 atom stereocenters. The van der Waals surface area contributed by atoms with Crippen molar-refractivity contribution < 1.29 is 13.5 Å². The summed E-state index contributed by atoms with van der Waals surface area (Å²) in [6, 6.07) is 5.68. The lowest BCUT2D eigenvalue weighted by atomic mass is 10.1. The van der Waals surface area contributed by atoms with Gasteiger partial charge in [-0.3, -0.25) is 0 Å². The van der Waals surface area contributed by atoms with Crippen molar-refractivity contribution in [3.63, 3.8) is 0 Å². The number of hydrogen-bond donors (Lipinski definition) is 2. The number of unbranched alkanes of at least 4 members (excludes halogenated alkanes) is 1. The van der Waals surface area contributed by atoms with Crippen LogP contribution in [0.25, 0.3) is 0 Å². The molecule has 0 aliphatic carbocycles. The summed E-state index contributed by atoms with van der Waals surface area (Å²) in [7, 11) is -3.49. The Morgan fingerprint density at radius 3 is 2.61 bits per heavy atom. The van der Waals surface area contributed by atoms with Crippen molar-refractivity contribution in [3.05, 3.63) is 24.3 Å². The van der Waals surface area contributed by atoms with E-state index in [0.717, 1.165) is 19.3 Å². The third kappa shape index (κ3) is 5.06. The standard InChI is InChI=1S/C13H21NO3S/c1-11(2)6-3-4-9-14-18(16,17)13-8-5-7-12(15)10-13/h5,7-8,10-11,14-15H,3-4,6,9H2,1-2H3. The highest BCUT2D eigenvalue weighted by Gasteiger charge is 2.13. The van der Waals surface area contributed by atoms with E-state index in [0.29, 0.717) is 12.5 Å². The van der Waals surface area contributed by atoms with Crippen LogP contribution in [0.3, 0.4) is 0 Å². The maximum Gasteiger partial charge on any atom is 0.240 e. The average molecular weight is 271 g/mol. The minimum atomic E-state index is -3.49. The zero-order valence-corrected chi connectivity index (χ0v) is 11.7. The van der Waals surface area contributed by atoms with Gasteiger partial charge in [0.25, 0.3) is 0 Å². The van der Waals surface area contributed by atoms with Gasteiger partial charge in [-0.25, -0.2) is 13.1 Å². The van der Waals surface area contributed by atoms with Crippen molar-refractivity contribution in [2.45, 2.75) is 38.0 Å². The molecule has 0 aromatic heterocycles. The maximum absolute atomic E-state index is 11.9. The molecule has 1 rings (SSSR count). The van der Waals surface area contributed by atoms with Crippen LogP contribution in [-0.4, -0.2) is 20.1 Å². The third-order valence-corrected chi connectivity index (χ3v) is 4.09. The van der Waals surface area contributed by atoms with Gasteiger partial charge < -0.3 is 5.11 Å². The molecule has 0 bridgehead atoms. The van der Waals surface area contributed by atoms with Crippen LogP contribution in [0, 0.1) is 5.92 Å². The fraction of sp³-hybridized carbons (Fsp3) is 0.538. The first-order valence-corrected chi connectivity index (χ1v) is 7.69. The molecule has 0 saturated heterocycles. The zero-order chi connectivity index (χ0) is 13.6. The third-order valence-electron chi connectivity index (χ3n) is 2.63. The van der Waals surface area contributed by atoms with Crippen molar-refractivity contribution >= 4 is 10.0 Å². The van der Waals surface area contributed by atoms with Crippen molar-refractivity contribution in [3.8, 4) is 5.75 Å². The number of phenolic OH excluding ortho intramolecular Hbond substituents is 1. The van der Waals surface area contributed by atoms with Gasteiger partial charge in [0.2, 0.25) is 10.0 Å². The monoisotopic (exact) mass is 271 g/mol. The molecule has 0 saturated carbocycles. The summed E-state index contributed by atoms with van der Waals surface area (Å²) in [6.07, 6.45) is 2.95. The molecule has 0 spiro atoms. The van der Waals surface area contributed by atoms with E-state index in [1.165, 1.54) is 24.3 Å². The lowest BCUT2D eigenvalue weighted by molar-refractivity contribution is 0.473. The Hall–Kier alpha value is -1.07. The number of aromatic hydroxyl groups is 1. The fourth-order valence-electron chi connectivity index (χ4n) is 1.62. The van der Waals surface area contributed by atoms with Crippen LogP contribution in [0.2, 0.25) is 0 Å². The number of nitrogens with one attached hydrogen (secondary N) is 1. The van der Waals surface area contributed by atoms with Crippen molar-refractivity contribution in [1.29, 1.82) is 0 Å². The Balaban J connectivity index is 2.46. The predicted octanol–water partition coefficient (Wildman–Crippen LogP) is 2.50. The average Bonchev–Trinajstić information content (AvgIpc) is 2.28. The van der Waals surface area contributed by atoms with Gasteiger partial charge in [-0.05, 0) is 30.5 Å². The molecule has 18 heavy (non-hydrogen) atoms. The van der Waals surface area contributed by atoms with E-state index < -0.39 is 10.0 Å². The van der Waals surface area contributed by atoms with Crippen LogP contribution in [0.1, 0.15) is 33.1 Å². The summed E-state index contributed by atoms with van der Waals surface area (Å²) in [5, 5.41) is 9.25. The summed E-state index contributed by atoms with van der Waals surface area (Å²) in [5.74, 6) is 0.602. The Morgan fingerprint density at radius 1 is 1.28 bits per heavy atom. The smallest absolute Gasteiger partial charge is 0.240 e. The van der Waals surface area contributed by atoms with Crippen LogP contribution in [0.15, 0.2) is 29.2 Å². The first kappa shape index (κ1) is 15.0. The molecule has 0 fully saturated rings. The molecule has 4 nitrogen and oxygen atoms in total. The maximum atomic E-state index is 11.9. The van der Waals surface area contributed by atoms with E-state index in [1.807, 2.05) is 0 Å². The van der Waals surface area contributed by atoms with Gasteiger partial charge in [-0.2, -0.15) is 0 Å². The normalized spacial score (nSPS) is 11.9. The second-order valence-electron chi connectivity index (χ2n) is 4.78. The molecule has 0 heterocycles. The number of phenols is 1. The van der Waals surface area contributed by atoms with Crippen molar-refractivity contribution in [2.24, 2.45) is 5.92 Å². The first-order chi connectivity index (χ1) is 8.42. The van der Waals surface area contributed by atoms with Crippen molar-refractivity contribution in [1.82, 2.24) is 4.72 Å². The van der Waals surface area contributed by atoms with Gasteiger partial charge in [0.15, 0.2) is 0 Å². The summed E-state index contributed by atoms with van der Waals surface area (Å²) in [4.78, 5) is 0.103. The number of benzene rings is 1. The highest BCUT2D eigenvalue weighted by Crippen LogP contribution is 2.15. The lowest BCUT2D eigenvalue weighted by Gasteiger charge is -2.08. The molecule has 102 valence electrons. The summed E-state index contributed by atoms with van der Waals surface area (Å²) >= 11 is 0. The van der Waals surface area contributed by atoms with Gasteiger partial charge in [-0.1, -0.05) is 32.8 Å². The van der Waals surface area contributed by atoms with E-state index in [4.69, 9.17) is 0 Å². The van der Waals surface area contributed by atoms with Gasteiger partial charge in [0.05, 0.1) is 4.90 Å². The molecule has 0 unspecified atom stereocenters. The molecule has 0 radical (unpaired) electrons. The molecule has 2 N–H and O–H groups in total. The topological polar surface area (TPSA) is 66.4 Å². The minimum absolute atomic E-state index is 0.0438. The Kier molecular flexibility index (Phi) is 5.62. The van der Waals surface area contributed by atoms with Crippen LogP contribution < -0.4 is 4.72 Å². The van der Waals surface area contributed by atoms with Gasteiger partial charge in [0, 0.05) is 6.54 Å². The van der Waals surface area contributed by atoms with Crippen molar-refractivity contribution in [2.75, 3.05) is 6.54 Å². The summed E-state index contributed by atoms with van der Waals surface area (Å²) < 4.78 is 26.3. The van der Waals surface area contributed by atoms with Crippen LogP contribution in [-0.2, 0) is 10.0 Å². The van der Waals surface area contributed by atoms with E-state index in [-0.39, 0.29) is 10.6 Å². The van der Waals surface area contributed by atoms with Gasteiger partial charge in [0.1, 0.15) is 5.75 Å². The fourth-order valence-corrected chi connectivity index (χ4v) is 2.73. The molecular formula is C13H21NO3S. The molecule has 1 aromatic carbocycles. The molecule has 1 aromatic rings. The SMILES string of the molecule is CC(C)CCCCNS(=O)(=O)c1cccc(O)c1. The summed E-state index contributed by atoms with van der Waals surface area (Å²) in [5.41, 5.74) is 0. The van der Waals surface area contributed by atoms with Gasteiger partial charge >= 0.3 is 0 Å². The number of hydrogen-bond acceptors (Lipinski definition) is 3. The zero-order valence-electron chi connectivity index (χ0n) is 10.9. The van der Waals surface area contributed by atoms with E-state index >= 15 is 0 Å². The van der Waals surface area contributed by atoms with Crippen LogP contribution in [0.5, 0.6) is 5.75 Å². The Morgan fingerprint density at radius 2 is 2.00 bits per heavy atom. The molecular weight excluding hydrogens is 250 g/mol. The highest BCUT2D eigenvalue weighted by molar-refractivity contribution is 7.89. The molecule has 5 heteroatoms. The van der Waals surface area contributed by atoms with E-state index in [1.54, 1.807) is 0 Å². The minimum Gasteiger partial charge on any atom is -0.508 e. The van der Waals surface area contributed by atoms with Gasteiger partial charge in [-0.15, -0.1) is 0 Å². The van der Waals surface area contributed by atoms with E-state index in [9.17, 15) is 13.5 Å². The van der Waals surface area contributed by atoms with E-state index in [2.05, 4.69) is 18.6 Å². The lowest BCUT2D eigenvalue weighted by Crippen LogP contribution is -2.24. The molecule has 0 aliphatic rings. The predicted molar refractivity (Wildman–Crippen MR) is 72.0 cm³/mol. The number of rotatable bonds is 7. The Bertz CT molecular complexity index is 469. The Labute approximate surface area is 109 Å². The quantitative estimate of drug-likeness (QED) is 0.749. The van der Waals surface area contributed by atoms with Crippen LogP contribution >= 0.6 is 0 Å².